The van der Waals surface area contributed by atoms with Crippen LogP contribution in [0.2, 0.25) is 0 Å². The molecule has 0 aliphatic carbocycles. The van der Waals surface area contributed by atoms with Crippen molar-refractivity contribution >= 4 is 23.5 Å². The molecule has 0 radical (unpaired) electrons. The first-order chi connectivity index (χ1) is 13.5. The van der Waals surface area contributed by atoms with E-state index in [1.54, 1.807) is 26.0 Å². The first kappa shape index (κ1) is 23.5. The molecule has 0 saturated carbocycles. The highest BCUT2D eigenvalue weighted by molar-refractivity contribution is 5.94. The molecule has 1 N–H and O–H groups in total. The van der Waals surface area contributed by atoms with Crippen molar-refractivity contribution in [3.63, 3.8) is 0 Å². The van der Waals surface area contributed by atoms with Crippen molar-refractivity contribution in [3.05, 3.63) is 24.3 Å². The predicted molar refractivity (Wildman–Crippen MR) is 106 cm³/mol. The molecule has 0 saturated heterocycles. The highest BCUT2D eigenvalue weighted by Crippen LogP contribution is 2.17. The molecule has 1 aromatic rings. The van der Waals surface area contributed by atoms with E-state index in [9.17, 15) is 14.4 Å². The highest BCUT2D eigenvalue weighted by Gasteiger charge is 2.28. The van der Waals surface area contributed by atoms with Crippen molar-refractivity contribution in [1.82, 2.24) is 0 Å². The maximum absolute atomic E-state index is 11.9. The number of rotatable bonds is 13. The average molecular weight is 393 g/mol. The van der Waals surface area contributed by atoms with Crippen LogP contribution in [0.4, 0.5) is 5.69 Å². The first-order valence-corrected chi connectivity index (χ1v) is 9.81. The fourth-order valence-corrected chi connectivity index (χ4v) is 2.65. The van der Waals surface area contributed by atoms with Crippen LogP contribution in [0.1, 0.15) is 52.9 Å². The fraction of sp³-hybridized carbons (Fsp3) is 0.571. The number of ether oxygens (including phenoxy) is 3. The van der Waals surface area contributed by atoms with Gasteiger partial charge in [0.1, 0.15) is 5.75 Å². The Bertz CT molecular complexity index is 596. The number of amides is 1. The van der Waals surface area contributed by atoms with Gasteiger partial charge in [0.25, 0.3) is 0 Å². The predicted octanol–water partition coefficient (Wildman–Crippen LogP) is 3.72. The number of hydrogen-bond donors (Lipinski definition) is 1. The molecule has 1 aromatic carbocycles. The summed E-state index contributed by atoms with van der Waals surface area (Å²) in [5.41, 5.74) is 0.734. The maximum Gasteiger partial charge on any atom is 0.320 e. The van der Waals surface area contributed by atoms with Crippen LogP contribution in [-0.4, -0.2) is 37.7 Å². The number of anilines is 1. The lowest BCUT2D eigenvalue weighted by atomic mass is 10.0. The monoisotopic (exact) mass is 393 g/mol. The Hall–Kier alpha value is -2.57. The number of nitrogens with one attached hydrogen (secondary N) is 1. The lowest BCUT2D eigenvalue weighted by Gasteiger charge is -2.14. The van der Waals surface area contributed by atoms with Crippen molar-refractivity contribution < 1.29 is 28.6 Å². The maximum atomic E-state index is 11.9. The van der Waals surface area contributed by atoms with Crippen LogP contribution >= 0.6 is 0 Å². The quantitative estimate of drug-likeness (QED) is 0.312. The minimum Gasteiger partial charge on any atom is -0.494 e. The van der Waals surface area contributed by atoms with Gasteiger partial charge < -0.3 is 19.5 Å². The topological polar surface area (TPSA) is 90.9 Å². The van der Waals surface area contributed by atoms with E-state index in [1.807, 2.05) is 12.1 Å². The summed E-state index contributed by atoms with van der Waals surface area (Å²) >= 11 is 0. The zero-order chi connectivity index (χ0) is 20.8. The molecule has 1 rings (SSSR count). The lowest BCUT2D eigenvalue weighted by Crippen LogP contribution is -2.28. The Morgan fingerprint density at radius 1 is 0.893 bits per heavy atom. The van der Waals surface area contributed by atoms with Gasteiger partial charge >= 0.3 is 11.9 Å². The largest absolute Gasteiger partial charge is 0.494 e. The zero-order valence-corrected chi connectivity index (χ0v) is 17.0. The SMILES string of the molecule is CCOC(=O)C(CCCCCCOc1ccc(NC(C)=O)cc1)C(=O)OCC. The van der Waals surface area contributed by atoms with E-state index in [0.29, 0.717) is 13.0 Å². The minimum absolute atomic E-state index is 0.109. The molecule has 0 aromatic heterocycles. The molecule has 0 bridgehead atoms. The van der Waals surface area contributed by atoms with Gasteiger partial charge in [0.05, 0.1) is 19.8 Å². The van der Waals surface area contributed by atoms with Gasteiger partial charge in [-0.1, -0.05) is 19.3 Å². The van der Waals surface area contributed by atoms with Gasteiger partial charge in [-0.25, -0.2) is 0 Å². The van der Waals surface area contributed by atoms with Gasteiger partial charge in [0.2, 0.25) is 5.91 Å². The average Bonchev–Trinajstić information content (AvgIpc) is 2.65. The Kier molecular flexibility index (Phi) is 11.4. The van der Waals surface area contributed by atoms with Crippen LogP contribution < -0.4 is 10.1 Å². The summed E-state index contributed by atoms with van der Waals surface area (Å²) in [4.78, 5) is 34.8. The fourth-order valence-electron chi connectivity index (χ4n) is 2.65. The van der Waals surface area contributed by atoms with Crippen LogP contribution in [0.15, 0.2) is 24.3 Å². The van der Waals surface area contributed by atoms with Crippen molar-refractivity contribution in [2.24, 2.45) is 5.92 Å². The molecule has 0 fully saturated rings. The Morgan fingerprint density at radius 2 is 1.46 bits per heavy atom. The standard InChI is InChI=1S/C21H31NO6/c1-4-26-20(24)19(21(25)27-5-2)10-8-6-7-9-15-28-18-13-11-17(12-14-18)22-16(3)23/h11-14,19H,4-10,15H2,1-3H3,(H,22,23). The third-order valence-corrected chi connectivity index (χ3v) is 3.97. The molecule has 0 aliphatic rings. The number of unbranched alkanes of at least 4 members (excludes halogenated alkanes) is 3. The Labute approximate surface area is 166 Å². The molecule has 0 spiro atoms. The summed E-state index contributed by atoms with van der Waals surface area (Å²) < 4.78 is 15.6. The molecule has 0 aliphatic heterocycles. The van der Waals surface area contributed by atoms with E-state index in [0.717, 1.165) is 37.1 Å². The summed E-state index contributed by atoms with van der Waals surface area (Å²) in [7, 11) is 0. The smallest absolute Gasteiger partial charge is 0.320 e. The molecule has 0 heterocycles. The molecule has 7 heteroatoms. The second-order valence-corrected chi connectivity index (χ2v) is 6.31. The van der Waals surface area contributed by atoms with E-state index in [1.165, 1.54) is 6.92 Å². The second-order valence-electron chi connectivity index (χ2n) is 6.31. The molecular formula is C21H31NO6. The third kappa shape index (κ3) is 9.39. The summed E-state index contributed by atoms with van der Waals surface area (Å²) in [5, 5.41) is 2.70. The van der Waals surface area contributed by atoms with Gasteiger partial charge in [-0.15, -0.1) is 0 Å². The van der Waals surface area contributed by atoms with Gasteiger partial charge in [-0.05, 0) is 51.0 Å². The molecule has 0 atom stereocenters. The van der Waals surface area contributed by atoms with E-state index in [2.05, 4.69) is 5.32 Å². The van der Waals surface area contributed by atoms with Crippen molar-refractivity contribution in [1.29, 1.82) is 0 Å². The molecule has 1 amide bonds. The van der Waals surface area contributed by atoms with E-state index >= 15 is 0 Å². The molecule has 28 heavy (non-hydrogen) atoms. The van der Waals surface area contributed by atoms with Crippen LogP contribution in [0.3, 0.4) is 0 Å². The zero-order valence-electron chi connectivity index (χ0n) is 17.0. The van der Waals surface area contributed by atoms with Crippen molar-refractivity contribution in [3.8, 4) is 5.75 Å². The van der Waals surface area contributed by atoms with E-state index < -0.39 is 17.9 Å². The van der Waals surface area contributed by atoms with E-state index in [-0.39, 0.29) is 19.1 Å². The highest BCUT2D eigenvalue weighted by atomic mass is 16.6. The van der Waals surface area contributed by atoms with Gasteiger partial charge in [-0.3, -0.25) is 14.4 Å². The lowest BCUT2D eigenvalue weighted by molar-refractivity contribution is -0.162. The number of carbonyl (C=O) groups excluding carboxylic acids is 3. The van der Waals surface area contributed by atoms with E-state index in [4.69, 9.17) is 14.2 Å². The van der Waals surface area contributed by atoms with Gasteiger partial charge in [0.15, 0.2) is 5.92 Å². The van der Waals surface area contributed by atoms with Crippen molar-refractivity contribution in [2.45, 2.75) is 52.9 Å². The van der Waals surface area contributed by atoms with Gasteiger partial charge in [-0.2, -0.15) is 0 Å². The number of benzene rings is 1. The van der Waals surface area contributed by atoms with Gasteiger partial charge in [0, 0.05) is 12.6 Å². The summed E-state index contributed by atoms with van der Waals surface area (Å²) in [6.07, 6.45) is 3.87. The van der Waals surface area contributed by atoms with Crippen LogP contribution in [0.5, 0.6) is 5.75 Å². The first-order valence-electron chi connectivity index (χ1n) is 9.81. The van der Waals surface area contributed by atoms with Crippen LogP contribution in [0, 0.1) is 5.92 Å². The third-order valence-electron chi connectivity index (χ3n) is 3.97. The number of esters is 2. The molecule has 7 nitrogen and oxygen atoms in total. The number of carbonyl (C=O) groups is 3. The molecule has 156 valence electrons. The van der Waals surface area contributed by atoms with Crippen molar-refractivity contribution in [2.75, 3.05) is 25.1 Å². The molecular weight excluding hydrogens is 362 g/mol. The second kappa shape index (κ2) is 13.6. The molecule has 0 unspecified atom stereocenters. The Balaban J connectivity index is 2.23. The summed E-state index contributed by atoms with van der Waals surface area (Å²) in [5.74, 6) is -1.21. The van der Waals surface area contributed by atoms with Crippen LogP contribution in [0.25, 0.3) is 0 Å². The number of hydrogen-bond acceptors (Lipinski definition) is 6. The summed E-state index contributed by atoms with van der Waals surface area (Å²) in [6, 6.07) is 7.21. The minimum atomic E-state index is -0.835. The Morgan fingerprint density at radius 3 is 2.00 bits per heavy atom. The normalized spacial score (nSPS) is 10.4. The van der Waals surface area contributed by atoms with Crippen LogP contribution in [-0.2, 0) is 23.9 Å². The summed E-state index contributed by atoms with van der Waals surface area (Å²) in [6.45, 7) is 5.97.